The molecule has 0 aliphatic carbocycles. The monoisotopic (exact) mass is 352 g/mol. The molecule has 1 aromatic heterocycles. The molecule has 0 bridgehead atoms. The number of nitrogens with one attached hydrogen (secondary N) is 2. The average molecular weight is 352 g/mol. The smallest absolute Gasteiger partial charge is 0.337 e. The van der Waals surface area contributed by atoms with E-state index >= 15 is 0 Å². The molecule has 1 aromatic carbocycles. The molecule has 24 heavy (non-hydrogen) atoms. The SMILES string of the molecule is C=CC(NCCO)S(=O)(=O)c1ccc2c(C(=O)O)c[nH]c(=O)c2c1. The number of benzene rings is 1. The Kier molecular flexibility index (Phi) is 5.17. The van der Waals surface area contributed by atoms with Crippen molar-refractivity contribution >= 4 is 26.6 Å². The molecule has 1 atom stereocenters. The first-order valence-electron chi connectivity index (χ1n) is 6.92. The van der Waals surface area contributed by atoms with Crippen molar-refractivity contribution in [3.05, 3.63) is 53.0 Å². The Hall–Kier alpha value is -2.49. The van der Waals surface area contributed by atoms with Crippen LogP contribution < -0.4 is 10.9 Å². The maximum atomic E-state index is 12.6. The summed E-state index contributed by atoms with van der Waals surface area (Å²) in [6.45, 7) is 3.25. The number of aliphatic hydroxyl groups is 1. The molecule has 0 radical (unpaired) electrons. The number of aromatic nitrogens is 1. The van der Waals surface area contributed by atoms with Crippen molar-refractivity contribution < 1.29 is 23.4 Å². The molecule has 2 aromatic rings. The predicted octanol–water partition coefficient (Wildman–Crippen LogP) is 0.0940. The third kappa shape index (κ3) is 3.23. The number of fused-ring (bicyclic) bond motifs is 1. The molecule has 9 heteroatoms. The fourth-order valence-corrected chi connectivity index (χ4v) is 3.69. The van der Waals surface area contributed by atoms with E-state index in [1.165, 1.54) is 18.2 Å². The van der Waals surface area contributed by atoms with Crippen LogP contribution in [0.15, 0.2) is 46.7 Å². The molecule has 8 nitrogen and oxygen atoms in total. The van der Waals surface area contributed by atoms with Crippen molar-refractivity contribution in [1.29, 1.82) is 0 Å². The van der Waals surface area contributed by atoms with E-state index in [0.29, 0.717) is 0 Å². The minimum absolute atomic E-state index is 0.0408. The van der Waals surface area contributed by atoms with Gasteiger partial charge in [-0.15, -0.1) is 6.58 Å². The summed E-state index contributed by atoms with van der Waals surface area (Å²) in [6.07, 6.45) is 2.24. The topological polar surface area (TPSA) is 137 Å². The maximum Gasteiger partial charge on any atom is 0.337 e. The number of aromatic carboxylic acids is 1. The molecule has 2 rings (SSSR count). The van der Waals surface area contributed by atoms with E-state index in [-0.39, 0.29) is 34.4 Å². The zero-order valence-electron chi connectivity index (χ0n) is 12.5. The summed E-state index contributed by atoms with van der Waals surface area (Å²) in [4.78, 5) is 25.3. The first kappa shape index (κ1) is 17.9. The number of H-pyrrole nitrogens is 1. The Balaban J connectivity index is 2.62. The highest BCUT2D eigenvalue weighted by molar-refractivity contribution is 7.92. The van der Waals surface area contributed by atoms with Gasteiger partial charge in [-0.2, -0.15) is 0 Å². The minimum Gasteiger partial charge on any atom is -0.478 e. The number of pyridine rings is 1. The third-order valence-corrected chi connectivity index (χ3v) is 5.38. The molecule has 0 saturated heterocycles. The molecule has 0 aliphatic heterocycles. The fourth-order valence-electron chi connectivity index (χ4n) is 2.27. The molecular weight excluding hydrogens is 336 g/mol. The highest BCUT2D eigenvalue weighted by Gasteiger charge is 2.25. The van der Waals surface area contributed by atoms with Crippen LogP contribution in [-0.4, -0.2) is 48.1 Å². The molecule has 0 fully saturated rings. The molecule has 0 amide bonds. The van der Waals surface area contributed by atoms with Crippen molar-refractivity contribution in [2.45, 2.75) is 10.3 Å². The first-order chi connectivity index (χ1) is 11.3. The van der Waals surface area contributed by atoms with Gasteiger partial charge in [0.25, 0.3) is 5.56 Å². The maximum absolute atomic E-state index is 12.6. The van der Waals surface area contributed by atoms with E-state index < -0.39 is 26.7 Å². The van der Waals surface area contributed by atoms with Gasteiger partial charge in [0.05, 0.1) is 17.1 Å². The van der Waals surface area contributed by atoms with Gasteiger partial charge < -0.3 is 15.2 Å². The number of carboxylic acid groups (broad SMARTS) is 1. The number of aromatic amines is 1. The van der Waals surface area contributed by atoms with E-state index in [4.69, 9.17) is 10.2 Å². The molecule has 0 spiro atoms. The van der Waals surface area contributed by atoms with Crippen molar-refractivity contribution in [2.75, 3.05) is 13.2 Å². The van der Waals surface area contributed by atoms with E-state index in [0.717, 1.165) is 12.3 Å². The first-order valence-corrected chi connectivity index (χ1v) is 8.47. The Labute approximate surface area is 137 Å². The molecule has 128 valence electrons. The van der Waals surface area contributed by atoms with E-state index in [1.807, 2.05) is 0 Å². The number of rotatable bonds is 7. The lowest BCUT2D eigenvalue weighted by Crippen LogP contribution is -2.36. The zero-order chi connectivity index (χ0) is 17.9. The molecule has 4 N–H and O–H groups in total. The second-order valence-corrected chi connectivity index (χ2v) is 6.99. The summed E-state index contributed by atoms with van der Waals surface area (Å²) in [7, 11) is -3.91. The Morgan fingerprint density at radius 3 is 2.67 bits per heavy atom. The van der Waals surface area contributed by atoms with Crippen LogP contribution in [0.1, 0.15) is 10.4 Å². The highest BCUT2D eigenvalue weighted by atomic mass is 32.2. The van der Waals surface area contributed by atoms with Gasteiger partial charge in [0.1, 0.15) is 5.37 Å². The molecule has 0 saturated carbocycles. The highest BCUT2D eigenvalue weighted by Crippen LogP contribution is 2.22. The zero-order valence-corrected chi connectivity index (χ0v) is 13.3. The van der Waals surface area contributed by atoms with Gasteiger partial charge >= 0.3 is 5.97 Å². The predicted molar refractivity (Wildman–Crippen MR) is 87.8 cm³/mol. The average Bonchev–Trinajstić information content (AvgIpc) is 2.55. The summed E-state index contributed by atoms with van der Waals surface area (Å²) < 4.78 is 25.2. The van der Waals surface area contributed by atoms with Crippen LogP contribution >= 0.6 is 0 Å². The Morgan fingerprint density at radius 1 is 1.38 bits per heavy atom. The van der Waals surface area contributed by atoms with E-state index in [2.05, 4.69) is 16.9 Å². The quantitative estimate of drug-likeness (QED) is 0.519. The van der Waals surface area contributed by atoms with Crippen molar-refractivity contribution in [3.63, 3.8) is 0 Å². The largest absolute Gasteiger partial charge is 0.478 e. The van der Waals surface area contributed by atoms with Gasteiger partial charge in [0.2, 0.25) is 0 Å². The second kappa shape index (κ2) is 6.95. The van der Waals surface area contributed by atoms with Crippen LogP contribution in [0.25, 0.3) is 10.8 Å². The number of aliphatic hydroxyl groups excluding tert-OH is 1. The van der Waals surface area contributed by atoms with Crippen LogP contribution in [0.5, 0.6) is 0 Å². The summed E-state index contributed by atoms with van der Waals surface area (Å²) in [5.74, 6) is -1.24. The fraction of sp³-hybridized carbons (Fsp3) is 0.200. The van der Waals surface area contributed by atoms with Gasteiger partial charge in [-0.1, -0.05) is 12.1 Å². The lowest BCUT2D eigenvalue weighted by Gasteiger charge is -2.15. The number of carbonyl (C=O) groups is 1. The minimum atomic E-state index is -3.91. The summed E-state index contributed by atoms with van der Waals surface area (Å²) in [5.41, 5.74) is -0.724. The molecular formula is C15H16N2O6S. The molecule has 1 unspecified atom stereocenters. The van der Waals surface area contributed by atoms with Gasteiger partial charge in [-0.3, -0.25) is 10.1 Å². The summed E-state index contributed by atoms with van der Waals surface area (Å²) in [5, 5.41) is 19.5. The normalized spacial score (nSPS) is 12.9. The van der Waals surface area contributed by atoms with Crippen molar-refractivity contribution in [1.82, 2.24) is 10.3 Å². The number of hydrogen-bond donors (Lipinski definition) is 4. The van der Waals surface area contributed by atoms with E-state index in [9.17, 15) is 18.0 Å². The standard InChI is InChI=1S/C15H16N2O6S/c1-2-13(16-5-6-18)24(22,23)9-3-4-10-11(7-9)14(19)17-8-12(10)15(20)21/h2-4,7-8,13,16,18H,1,5-6H2,(H,17,19)(H,20,21). The Morgan fingerprint density at radius 2 is 2.08 bits per heavy atom. The molecule has 1 heterocycles. The van der Waals surface area contributed by atoms with Crippen LogP contribution in [0.2, 0.25) is 0 Å². The molecule has 0 aliphatic rings. The van der Waals surface area contributed by atoms with Gasteiger partial charge in [0, 0.05) is 23.5 Å². The number of hydrogen-bond acceptors (Lipinski definition) is 6. The Bertz CT molecular complexity index is 948. The summed E-state index contributed by atoms with van der Waals surface area (Å²) in [6, 6.07) is 3.65. The van der Waals surface area contributed by atoms with Gasteiger partial charge in [0.15, 0.2) is 9.84 Å². The lowest BCUT2D eigenvalue weighted by molar-refractivity contribution is 0.0698. The summed E-state index contributed by atoms with van der Waals surface area (Å²) >= 11 is 0. The van der Waals surface area contributed by atoms with Crippen LogP contribution in [0, 0.1) is 0 Å². The third-order valence-electron chi connectivity index (χ3n) is 3.44. The van der Waals surface area contributed by atoms with Crippen LogP contribution in [0.4, 0.5) is 0 Å². The van der Waals surface area contributed by atoms with Gasteiger partial charge in [-0.25, -0.2) is 13.2 Å². The second-order valence-electron chi connectivity index (χ2n) is 4.92. The van der Waals surface area contributed by atoms with E-state index in [1.54, 1.807) is 0 Å². The van der Waals surface area contributed by atoms with Crippen LogP contribution in [-0.2, 0) is 9.84 Å². The number of carboxylic acids is 1. The van der Waals surface area contributed by atoms with Gasteiger partial charge in [-0.05, 0) is 12.1 Å². The number of sulfone groups is 1. The van der Waals surface area contributed by atoms with Crippen molar-refractivity contribution in [2.24, 2.45) is 0 Å². The van der Waals surface area contributed by atoms with Crippen molar-refractivity contribution in [3.8, 4) is 0 Å². The lowest BCUT2D eigenvalue weighted by atomic mass is 10.1. The van der Waals surface area contributed by atoms with Crippen LogP contribution in [0.3, 0.4) is 0 Å².